The van der Waals surface area contributed by atoms with Gasteiger partial charge in [0.05, 0.1) is 12.8 Å². The highest BCUT2D eigenvalue weighted by atomic mass is 35.5. The third-order valence-electron chi connectivity index (χ3n) is 4.27. The Morgan fingerprint density at radius 1 is 1.15 bits per heavy atom. The molecule has 0 atom stereocenters. The Labute approximate surface area is 158 Å². The molecule has 1 fully saturated rings. The molecule has 1 N–H and O–H groups in total. The number of carbonyl (C=O) groups is 1. The average molecular weight is 372 g/mol. The second kappa shape index (κ2) is 9.43. The van der Waals surface area contributed by atoms with E-state index in [1.54, 1.807) is 18.6 Å². The van der Waals surface area contributed by atoms with Crippen LogP contribution in [0.25, 0.3) is 0 Å². The lowest BCUT2D eigenvalue weighted by molar-refractivity contribution is -0.122. The summed E-state index contributed by atoms with van der Waals surface area (Å²) in [7, 11) is 0. The van der Waals surface area contributed by atoms with Crippen LogP contribution < -0.4 is 5.43 Å². The van der Waals surface area contributed by atoms with Gasteiger partial charge in [-0.3, -0.25) is 19.6 Å². The zero-order chi connectivity index (χ0) is 18.2. The molecule has 1 saturated heterocycles. The first kappa shape index (κ1) is 18.5. The normalized spacial score (nSPS) is 16.0. The van der Waals surface area contributed by atoms with Crippen molar-refractivity contribution in [2.75, 3.05) is 32.7 Å². The van der Waals surface area contributed by atoms with Gasteiger partial charge in [0.2, 0.25) is 0 Å². The van der Waals surface area contributed by atoms with E-state index in [1.165, 1.54) is 0 Å². The van der Waals surface area contributed by atoms with Crippen molar-refractivity contribution < 1.29 is 4.79 Å². The van der Waals surface area contributed by atoms with E-state index >= 15 is 0 Å². The van der Waals surface area contributed by atoms with Crippen LogP contribution in [0.4, 0.5) is 0 Å². The van der Waals surface area contributed by atoms with Gasteiger partial charge in [0.25, 0.3) is 5.91 Å². The van der Waals surface area contributed by atoms with E-state index in [0.717, 1.165) is 48.9 Å². The molecule has 0 radical (unpaired) electrons. The Kier molecular flexibility index (Phi) is 6.71. The van der Waals surface area contributed by atoms with Gasteiger partial charge >= 0.3 is 0 Å². The fourth-order valence-corrected chi connectivity index (χ4v) is 3.04. The summed E-state index contributed by atoms with van der Waals surface area (Å²) in [6.07, 6.45) is 4.97. The summed E-state index contributed by atoms with van der Waals surface area (Å²) in [6, 6.07) is 11.6. The maximum atomic E-state index is 12.0. The van der Waals surface area contributed by atoms with Gasteiger partial charge in [-0.2, -0.15) is 5.10 Å². The van der Waals surface area contributed by atoms with E-state index < -0.39 is 0 Å². The molecule has 2 heterocycles. The van der Waals surface area contributed by atoms with Crippen LogP contribution in [0.3, 0.4) is 0 Å². The minimum absolute atomic E-state index is 0.107. The molecule has 1 aliphatic rings. The molecule has 0 unspecified atom stereocenters. The predicted molar refractivity (Wildman–Crippen MR) is 103 cm³/mol. The third kappa shape index (κ3) is 5.62. The highest BCUT2D eigenvalue weighted by molar-refractivity contribution is 6.31. The molecule has 0 bridgehead atoms. The monoisotopic (exact) mass is 371 g/mol. The molecule has 7 heteroatoms. The van der Waals surface area contributed by atoms with Crippen LogP contribution in [-0.4, -0.2) is 59.6 Å². The Bertz CT molecular complexity index is 745. The number of amides is 1. The number of rotatable bonds is 6. The molecular weight excluding hydrogens is 350 g/mol. The van der Waals surface area contributed by atoms with Crippen LogP contribution in [0.2, 0.25) is 5.02 Å². The van der Waals surface area contributed by atoms with Crippen molar-refractivity contribution in [3.63, 3.8) is 0 Å². The maximum Gasteiger partial charge on any atom is 0.254 e. The number of nitrogens with zero attached hydrogens (tertiary/aromatic N) is 4. The molecule has 0 aliphatic carbocycles. The van der Waals surface area contributed by atoms with Crippen LogP contribution in [0, 0.1) is 0 Å². The van der Waals surface area contributed by atoms with Crippen LogP contribution in [-0.2, 0) is 11.3 Å². The number of nitrogens with one attached hydrogen (secondary N) is 1. The standard InChI is InChI=1S/C19H22ClN5O/c20-18-6-2-1-5-17(18)14-24-8-10-25(11-9-24)15-19(26)23-22-13-16-4-3-7-21-12-16/h1-7,12-13H,8-11,14-15H2,(H,23,26). The molecule has 6 nitrogen and oxygen atoms in total. The van der Waals surface area contributed by atoms with Gasteiger partial charge < -0.3 is 0 Å². The molecule has 136 valence electrons. The van der Waals surface area contributed by atoms with Gasteiger partial charge in [-0.1, -0.05) is 35.9 Å². The number of hydrogen-bond acceptors (Lipinski definition) is 5. The summed E-state index contributed by atoms with van der Waals surface area (Å²) in [5.74, 6) is -0.107. The summed E-state index contributed by atoms with van der Waals surface area (Å²) >= 11 is 6.23. The number of benzene rings is 1. The van der Waals surface area contributed by atoms with Crippen molar-refractivity contribution in [3.8, 4) is 0 Å². The van der Waals surface area contributed by atoms with E-state index in [9.17, 15) is 4.79 Å². The summed E-state index contributed by atoms with van der Waals surface area (Å²) in [5.41, 5.74) is 4.56. The topological polar surface area (TPSA) is 60.8 Å². The maximum absolute atomic E-state index is 12.0. The number of pyridine rings is 1. The van der Waals surface area contributed by atoms with E-state index in [0.29, 0.717) is 6.54 Å². The first-order valence-corrected chi connectivity index (χ1v) is 8.98. The molecule has 2 aromatic rings. The van der Waals surface area contributed by atoms with Crippen molar-refractivity contribution in [2.45, 2.75) is 6.54 Å². The average Bonchev–Trinajstić information content (AvgIpc) is 2.66. The highest BCUT2D eigenvalue weighted by Crippen LogP contribution is 2.17. The summed E-state index contributed by atoms with van der Waals surface area (Å²) in [4.78, 5) is 20.5. The number of carbonyl (C=O) groups excluding carboxylic acids is 1. The van der Waals surface area contributed by atoms with Gasteiger partial charge in [-0.25, -0.2) is 5.43 Å². The van der Waals surface area contributed by atoms with E-state index in [1.807, 2.05) is 30.3 Å². The minimum Gasteiger partial charge on any atom is -0.296 e. The van der Waals surface area contributed by atoms with Crippen molar-refractivity contribution in [2.24, 2.45) is 5.10 Å². The van der Waals surface area contributed by atoms with Gasteiger partial charge in [0.15, 0.2) is 0 Å². The fourth-order valence-electron chi connectivity index (χ4n) is 2.84. The number of halogens is 1. The summed E-state index contributed by atoms with van der Waals surface area (Å²) < 4.78 is 0. The predicted octanol–water partition coefficient (Wildman–Crippen LogP) is 2.00. The third-order valence-corrected chi connectivity index (χ3v) is 4.64. The Morgan fingerprint density at radius 3 is 2.65 bits per heavy atom. The van der Waals surface area contributed by atoms with Crippen molar-refractivity contribution in [1.29, 1.82) is 0 Å². The Hall–Kier alpha value is -2.28. The number of hydrazone groups is 1. The van der Waals surface area contributed by atoms with Gasteiger partial charge in [0, 0.05) is 55.7 Å². The fraction of sp³-hybridized carbons (Fsp3) is 0.316. The molecule has 0 spiro atoms. The first-order chi connectivity index (χ1) is 12.7. The van der Waals surface area contributed by atoms with Gasteiger partial charge in [-0.05, 0) is 17.7 Å². The van der Waals surface area contributed by atoms with E-state index in [-0.39, 0.29) is 5.91 Å². The molecule has 1 amide bonds. The minimum atomic E-state index is -0.107. The highest BCUT2D eigenvalue weighted by Gasteiger charge is 2.19. The molecule has 1 aromatic carbocycles. The van der Waals surface area contributed by atoms with Crippen LogP contribution in [0.1, 0.15) is 11.1 Å². The lowest BCUT2D eigenvalue weighted by Gasteiger charge is -2.34. The van der Waals surface area contributed by atoms with Crippen LogP contribution in [0.5, 0.6) is 0 Å². The lowest BCUT2D eigenvalue weighted by Crippen LogP contribution is -2.48. The van der Waals surface area contributed by atoms with Crippen LogP contribution >= 0.6 is 11.6 Å². The van der Waals surface area contributed by atoms with E-state index in [2.05, 4.69) is 31.4 Å². The zero-order valence-corrected chi connectivity index (χ0v) is 15.3. The Morgan fingerprint density at radius 2 is 1.92 bits per heavy atom. The quantitative estimate of drug-likeness (QED) is 0.623. The van der Waals surface area contributed by atoms with Gasteiger partial charge in [-0.15, -0.1) is 0 Å². The van der Waals surface area contributed by atoms with Gasteiger partial charge in [0.1, 0.15) is 0 Å². The first-order valence-electron chi connectivity index (χ1n) is 8.61. The molecule has 26 heavy (non-hydrogen) atoms. The molecule has 1 aromatic heterocycles. The summed E-state index contributed by atoms with van der Waals surface area (Å²) in [6.45, 7) is 4.72. The van der Waals surface area contributed by atoms with Crippen molar-refractivity contribution in [3.05, 3.63) is 64.9 Å². The molecule has 1 aliphatic heterocycles. The second-order valence-electron chi connectivity index (χ2n) is 6.22. The zero-order valence-electron chi connectivity index (χ0n) is 14.5. The van der Waals surface area contributed by atoms with Crippen molar-refractivity contribution >= 4 is 23.7 Å². The largest absolute Gasteiger partial charge is 0.296 e. The smallest absolute Gasteiger partial charge is 0.254 e. The van der Waals surface area contributed by atoms with E-state index in [4.69, 9.17) is 11.6 Å². The second-order valence-corrected chi connectivity index (χ2v) is 6.63. The van der Waals surface area contributed by atoms with Crippen LogP contribution in [0.15, 0.2) is 53.9 Å². The molecule has 0 saturated carbocycles. The molecular formula is C19H22ClN5O. The van der Waals surface area contributed by atoms with Crippen molar-refractivity contribution in [1.82, 2.24) is 20.2 Å². The molecule has 3 rings (SSSR count). The number of piperazine rings is 1. The summed E-state index contributed by atoms with van der Waals surface area (Å²) in [5, 5.41) is 4.78. The number of hydrogen-bond donors (Lipinski definition) is 1. The Balaban J connectivity index is 1.39. The lowest BCUT2D eigenvalue weighted by atomic mass is 10.2. The SMILES string of the molecule is O=C(CN1CCN(Cc2ccccc2Cl)CC1)NN=Cc1cccnc1. The number of aromatic nitrogens is 1.